The van der Waals surface area contributed by atoms with E-state index in [1.807, 2.05) is 18.2 Å². The van der Waals surface area contributed by atoms with Gasteiger partial charge >= 0.3 is 5.69 Å². The zero-order valence-electron chi connectivity index (χ0n) is 15.5. The van der Waals surface area contributed by atoms with Crippen LogP contribution < -0.4 is 16.5 Å². The molecule has 1 saturated heterocycles. The van der Waals surface area contributed by atoms with Crippen LogP contribution in [0.3, 0.4) is 0 Å². The monoisotopic (exact) mass is 385 g/mol. The predicted molar refractivity (Wildman–Crippen MR) is 101 cm³/mol. The van der Waals surface area contributed by atoms with E-state index in [4.69, 9.17) is 0 Å². The van der Waals surface area contributed by atoms with Gasteiger partial charge in [-0.3, -0.25) is 15.4 Å². The molecule has 0 saturated carbocycles. The van der Waals surface area contributed by atoms with Gasteiger partial charge in [0.05, 0.1) is 12.2 Å². The first-order valence-corrected chi connectivity index (χ1v) is 9.23. The van der Waals surface area contributed by atoms with Crippen molar-refractivity contribution in [2.24, 2.45) is 0 Å². The first-order valence-electron chi connectivity index (χ1n) is 9.23. The molecular weight excluding hydrogens is 364 g/mol. The van der Waals surface area contributed by atoms with Gasteiger partial charge in [-0.1, -0.05) is 13.0 Å². The summed E-state index contributed by atoms with van der Waals surface area (Å²) in [5.74, 6) is -0.954. The van der Waals surface area contributed by atoms with E-state index in [2.05, 4.69) is 22.9 Å². The number of aromatic nitrogens is 3. The Kier molecular flexibility index (Phi) is 5.06. The lowest BCUT2D eigenvalue weighted by molar-refractivity contribution is 0.576. The molecular formula is C20H21F2N5O. The minimum Gasteiger partial charge on any atom is -0.277 e. The normalized spacial score (nSPS) is 14.7. The van der Waals surface area contributed by atoms with E-state index >= 15 is 0 Å². The number of nitrogens with one attached hydrogen (secondary N) is 2. The summed E-state index contributed by atoms with van der Waals surface area (Å²) >= 11 is 0. The molecule has 146 valence electrons. The van der Waals surface area contributed by atoms with Crippen LogP contribution in [0.4, 0.5) is 8.78 Å². The van der Waals surface area contributed by atoms with Crippen molar-refractivity contribution in [3.8, 4) is 5.69 Å². The summed E-state index contributed by atoms with van der Waals surface area (Å²) in [4.78, 5) is 12.7. The molecule has 3 aromatic rings. The van der Waals surface area contributed by atoms with E-state index in [1.54, 1.807) is 0 Å². The molecule has 0 aliphatic carbocycles. The standard InChI is InChI=1S/C20H21F2N5O/c1-2-14-7-18(3-4-19(14)15-9-23-24-10-15)27-20(28)26(12-25-27)11-13-5-16(21)8-17(22)6-13/h3-8,12,15,23-24H,2,9-11H2,1H3. The lowest BCUT2D eigenvalue weighted by Crippen LogP contribution is -2.24. The number of aryl methyl sites for hydroxylation is 1. The van der Waals surface area contributed by atoms with Crippen LogP contribution in [0, 0.1) is 11.6 Å². The third-order valence-electron chi connectivity index (χ3n) is 5.02. The highest BCUT2D eigenvalue weighted by molar-refractivity contribution is 5.42. The van der Waals surface area contributed by atoms with E-state index in [-0.39, 0.29) is 12.2 Å². The highest BCUT2D eigenvalue weighted by Gasteiger charge is 2.20. The number of hydrogen-bond acceptors (Lipinski definition) is 4. The Balaban J connectivity index is 1.64. The quantitative estimate of drug-likeness (QED) is 0.706. The van der Waals surface area contributed by atoms with Gasteiger partial charge in [-0.2, -0.15) is 9.78 Å². The fourth-order valence-corrected chi connectivity index (χ4v) is 3.63. The molecule has 0 amide bonds. The number of halogens is 2. The molecule has 0 atom stereocenters. The van der Waals surface area contributed by atoms with Crippen LogP contribution in [0.2, 0.25) is 0 Å². The van der Waals surface area contributed by atoms with Crippen LogP contribution in [0.1, 0.15) is 29.5 Å². The lowest BCUT2D eigenvalue weighted by Gasteiger charge is -2.14. The minimum absolute atomic E-state index is 0.0473. The maximum atomic E-state index is 13.4. The van der Waals surface area contributed by atoms with E-state index < -0.39 is 11.6 Å². The summed E-state index contributed by atoms with van der Waals surface area (Å²) in [5.41, 5.74) is 9.38. The molecule has 2 aromatic carbocycles. The van der Waals surface area contributed by atoms with Crippen LogP contribution in [0.15, 0.2) is 47.5 Å². The summed E-state index contributed by atoms with van der Waals surface area (Å²) in [5, 5.41) is 4.18. The third-order valence-corrected chi connectivity index (χ3v) is 5.02. The van der Waals surface area contributed by atoms with Crippen LogP contribution >= 0.6 is 0 Å². The van der Waals surface area contributed by atoms with Crippen LogP contribution in [-0.4, -0.2) is 27.4 Å². The van der Waals surface area contributed by atoms with Crippen molar-refractivity contribution < 1.29 is 8.78 Å². The number of hydrogen-bond donors (Lipinski definition) is 2. The maximum Gasteiger partial charge on any atom is 0.350 e. The van der Waals surface area contributed by atoms with Crippen LogP contribution in [0.25, 0.3) is 5.69 Å². The summed E-state index contributed by atoms with van der Waals surface area (Å²) in [6.45, 7) is 3.86. The second-order valence-corrected chi connectivity index (χ2v) is 6.93. The molecule has 0 radical (unpaired) electrons. The second-order valence-electron chi connectivity index (χ2n) is 6.93. The number of benzene rings is 2. The summed E-state index contributed by atoms with van der Waals surface area (Å²) in [6, 6.07) is 9.13. The molecule has 0 spiro atoms. The molecule has 1 aromatic heterocycles. The summed E-state index contributed by atoms with van der Waals surface area (Å²) < 4.78 is 29.4. The summed E-state index contributed by atoms with van der Waals surface area (Å²) in [6.07, 6.45) is 2.23. The first-order chi connectivity index (χ1) is 13.5. The SMILES string of the molecule is CCc1cc(-n2ncn(Cc3cc(F)cc(F)c3)c2=O)ccc1C1CNNC1. The Bertz CT molecular complexity index is 1030. The second kappa shape index (κ2) is 7.65. The fraction of sp³-hybridized carbons (Fsp3) is 0.300. The molecule has 4 rings (SSSR count). The molecule has 8 heteroatoms. The van der Waals surface area contributed by atoms with Gasteiger partial charge in [0.1, 0.15) is 18.0 Å². The van der Waals surface area contributed by atoms with Crippen molar-refractivity contribution in [3.05, 3.63) is 81.5 Å². The van der Waals surface area contributed by atoms with E-state index in [1.165, 1.54) is 38.8 Å². The number of rotatable bonds is 5. The van der Waals surface area contributed by atoms with Gasteiger partial charge in [-0.05, 0) is 47.4 Å². The highest BCUT2D eigenvalue weighted by Crippen LogP contribution is 2.24. The van der Waals surface area contributed by atoms with Crippen LogP contribution in [-0.2, 0) is 13.0 Å². The van der Waals surface area contributed by atoms with Gasteiger partial charge in [0.15, 0.2) is 0 Å². The predicted octanol–water partition coefficient (Wildman–Crippen LogP) is 2.11. The van der Waals surface area contributed by atoms with Crippen molar-refractivity contribution >= 4 is 0 Å². The van der Waals surface area contributed by atoms with Gasteiger partial charge < -0.3 is 0 Å². The van der Waals surface area contributed by atoms with Crippen LogP contribution in [0.5, 0.6) is 0 Å². The molecule has 0 unspecified atom stereocenters. The minimum atomic E-state index is -0.672. The Hall–Kier alpha value is -2.84. The van der Waals surface area contributed by atoms with Crippen molar-refractivity contribution in [3.63, 3.8) is 0 Å². The summed E-state index contributed by atoms with van der Waals surface area (Å²) in [7, 11) is 0. The topological polar surface area (TPSA) is 63.9 Å². The van der Waals surface area contributed by atoms with Crippen molar-refractivity contribution in [2.45, 2.75) is 25.8 Å². The van der Waals surface area contributed by atoms with Gasteiger partial charge in [0.25, 0.3) is 0 Å². The maximum absolute atomic E-state index is 13.4. The molecule has 2 heterocycles. The molecule has 1 fully saturated rings. The largest absolute Gasteiger partial charge is 0.350 e. The van der Waals surface area contributed by atoms with Crippen molar-refractivity contribution in [1.29, 1.82) is 0 Å². The van der Waals surface area contributed by atoms with Gasteiger partial charge in [0.2, 0.25) is 0 Å². The smallest absolute Gasteiger partial charge is 0.277 e. The Morgan fingerprint density at radius 2 is 1.82 bits per heavy atom. The zero-order chi connectivity index (χ0) is 19.7. The van der Waals surface area contributed by atoms with Gasteiger partial charge in [-0.25, -0.2) is 13.6 Å². The first kappa shape index (κ1) is 18.5. The van der Waals surface area contributed by atoms with E-state index in [0.29, 0.717) is 17.2 Å². The molecule has 0 bridgehead atoms. The Morgan fingerprint density at radius 1 is 1.11 bits per heavy atom. The number of hydrazine groups is 1. The Labute approximate surface area is 160 Å². The molecule has 6 nitrogen and oxygen atoms in total. The van der Waals surface area contributed by atoms with Gasteiger partial charge in [-0.15, -0.1) is 0 Å². The average molecular weight is 385 g/mol. The fourth-order valence-electron chi connectivity index (χ4n) is 3.63. The molecule has 1 aliphatic rings. The number of nitrogens with zero attached hydrogens (tertiary/aromatic N) is 3. The molecule has 1 aliphatic heterocycles. The molecule has 2 N–H and O–H groups in total. The average Bonchev–Trinajstić information content (AvgIpc) is 3.31. The third kappa shape index (κ3) is 3.61. The van der Waals surface area contributed by atoms with Crippen molar-refractivity contribution in [2.75, 3.05) is 13.1 Å². The molecule has 28 heavy (non-hydrogen) atoms. The van der Waals surface area contributed by atoms with Crippen molar-refractivity contribution in [1.82, 2.24) is 25.2 Å². The Morgan fingerprint density at radius 3 is 2.50 bits per heavy atom. The zero-order valence-corrected chi connectivity index (χ0v) is 15.5. The highest BCUT2D eigenvalue weighted by atomic mass is 19.1. The lowest BCUT2D eigenvalue weighted by atomic mass is 9.93. The van der Waals surface area contributed by atoms with Gasteiger partial charge in [0, 0.05) is 25.1 Å². The van der Waals surface area contributed by atoms with E-state index in [0.717, 1.165) is 25.6 Å². The van der Waals surface area contributed by atoms with E-state index in [9.17, 15) is 13.6 Å².